The van der Waals surface area contributed by atoms with E-state index in [1.165, 1.54) is 12.5 Å². The van der Waals surface area contributed by atoms with Gasteiger partial charge in [-0.05, 0) is 97.5 Å². The zero-order valence-corrected chi connectivity index (χ0v) is 21.6. The molecule has 0 aliphatic rings. The van der Waals surface area contributed by atoms with Gasteiger partial charge in [-0.2, -0.15) is 0 Å². The Balaban J connectivity index is 1.52. The fourth-order valence-electron chi connectivity index (χ4n) is 3.75. The first-order valence-corrected chi connectivity index (χ1v) is 12.3. The van der Waals surface area contributed by atoms with E-state index >= 15 is 0 Å². The summed E-state index contributed by atoms with van der Waals surface area (Å²) < 4.78 is 11.5. The molecule has 0 saturated carbocycles. The number of pyridine rings is 1. The molecule has 0 aliphatic heterocycles. The van der Waals surface area contributed by atoms with Crippen molar-refractivity contribution < 1.29 is 19.4 Å². The predicted octanol–water partition coefficient (Wildman–Crippen LogP) is 6.46. The van der Waals surface area contributed by atoms with Gasteiger partial charge in [-0.1, -0.05) is 53.9 Å². The Morgan fingerprint density at radius 2 is 1.66 bits per heavy atom. The van der Waals surface area contributed by atoms with Crippen LogP contribution in [-0.4, -0.2) is 28.8 Å². The standard InChI is InChI=1S/C33H29NO4/c1-23-7-12-27(13-8-23)31(28-14-9-26(10-15-28)11-16-29-6-4-5-20-34-29)19-21-37-30-17-18-32(24(2)22-30)38-25(3)33(35)36/h4-10,12-15,17-20,22,25H,21H2,1-3H3,(H,35,36)/b31-19-. The van der Waals surface area contributed by atoms with E-state index in [1.807, 2.05) is 43.3 Å². The lowest BCUT2D eigenvalue weighted by molar-refractivity contribution is -0.144. The number of aryl methyl sites for hydroxylation is 2. The number of carbonyl (C=O) groups is 1. The number of benzene rings is 3. The van der Waals surface area contributed by atoms with Crippen LogP contribution in [0.15, 0.2) is 97.2 Å². The van der Waals surface area contributed by atoms with E-state index in [-0.39, 0.29) is 0 Å². The summed E-state index contributed by atoms with van der Waals surface area (Å²) in [6.07, 6.45) is 2.87. The molecule has 38 heavy (non-hydrogen) atoms. The molecule has 1 N–H and O–H groups in total. The van der Waals surface area contributed by atoms with Crippen molar-refractivity contribution in [2.24, 2.45) is 0 Å². The van der Waals surface area contributed by atoms with Crippen LogP contribution in [0, 0.1) is 25.7 Å². The van der Waals surface area contributed by atoms with Gasteiger partial charge in [0, 0.05) is 11.8 Å². The van der Waals surface area contributed by atoms with Crippen molar-refractivity contribution in [3.8, 4) is 23.3 Å². The minimum Gasteiger partial charge on any atom is -0.489 e. The molecule has 1 aromatic heterocycles. The molecule has 5 heteroatoms. The minimum absolute atomic E-state index is 0.357. The number of aliphatic carboxylic acids is 1. The summed E-state index contributed by atoms with van der Waals surface area (Å²) in [6, 6.07) is 27.6. The van der Waals surface area contributed by atoms with Gasteiger partial charge in [0.1, 0.15) is 23.8 Å². The van der Waals surface area contributed by atoms with Gasteiger partial charge in [0.25, 0.3) is 0 Å². The van der Waals surface area contributed by atoms with E-state index in [2.05, 4.69) is 66.2 Å². The van der Waals surface area contributed by atoms with Crippen LogP contribution in [0.5, 0.6) is 11.5 Å². The summed E-state index contributed by atoms with van der Waals surface area (Å²) >= 11 is 0. The maximum absolute atomic E-state index is 11.1. The topological polar surface area (TPSA) is 68.7 Å². The molecule has 190 valence electrons. The molecule has 0 amide bonds. The van der Waals surface area contributed by atoms with E-state index in [0.29, 0.717) is 18.1 Å². The number of rotatable bonds is 8. The van der Waals surface area contributed by atoms with Crippen molar-refractivity contribution in [1.29, 1.82) is 0 Å². The number of ether oxygens (including phenoxy) is 2. The molecule has 1 atom stereocenters. The molecule has 4 aromatic rings. The van der Waals surface area contributed by atoms with Crippen LogP contribution in [0.4, 0.5) is 0 Å². The van der Waals surface area contributed by atoms with Crippen molar-refractivity contribution >= 4 is 11.5 Å². The molecule has 0 spiro atoms. The summed E-state index contributed by atoms with van der Waals surface area (Å²) in [5.74, 6) is 6.45. The fourth-order valence-corrected chi connectivity index (χ4v) is 3.75. The summed E-state index contributed by atoms with van der Waals surface area (Å²) in [5.41, 5.74) is 6.85. The zero-order chi connectivity index (χ0) is 26.9. The van der Waals surface area contributed by atoms with Gasteiger partial charge in [0.05, 0.1) is 0 Å². The first-order chi connectivity index (χ1) is 18.4. The van der Waals surface area contributed by atoms with Gasteiger partial charge >= 0.3 is 5.97 Å². The Morgan fingerprint density at radius 3 is 2.29 bits per heavy atom. The number of hydrogen-bond acceptors (Lipinski definition) is 4. The third kappa shape index (κ3) is 7.11. The van der Waals surface area contributed by atoms with Gasteiger partial charge in [-0.15, -0.1) is 0 Å². The van der Waals surface area contributed by atoms with Crippen molar-refractivity contribution in [3.05, 3.63) is 131 Å². The lowest BCUT2D eigenvalue weighted by Crippen LogP contribution is -2.23. The largest absolute Gasteiger partial charge is 0.489 e. The normalized spacial score (nSPS) is 11.7. The quantitative estimate of drug-likeness (QED) is 0.280. The smallest absolute Gasteiger partial charge is 0.344 e. The van der Waals surface area contributed by atoms with Gasteiger partial charge in [-0.25, -0.2) is 9.78 Å². The highest BCUT2D eigenvalue weighted by Gasteiger charge is 2.14. The van der Waals surface area contributed by atoms with Gasteiger partial charge in [0.2, 0.25) is 0 Å². The third-order valence-electron chi connectivity index (χ3n) is 5.89. The molecular formula is C33H29NO4. The van der Waals surface area contributed by atoms with E-state index in [1.54, 1.807) is 18.3 Å². The Bertz CT molecular complexity index is 1480. The van der Waals surface area contributed by atoms with Crippen molar-refractivity contribution in [3.63, 3.8) is 0 Å². The lowest BCUT2D eigenvalue weighted by atomic mass is 9.96. The van der Waals surface area contributed by atoms with Crippen LogP contribution in [0.2, 0.25) is 0 Å². The SMILES string of the molecule is Cc1ccc(/C(=C/COc2ccc(OC(C)C(=O)O)c(C)c2)c2ccc(C#Cc3ccccn3)cc2)cc1. The predicted molar refractivity (Wildman–Crippen MR) is 149 cm³/mol. The molecule has 0 radical (unpaired) electrons. The average molecular weight is 504 g/mol. The second-order valence-electron chi connectivity index (χ2n) is 8.86. The number of aromatic nitrogens is 1. The van der Waals surface area contributed by atoms with Gasteiger partial charge in [-0.3, -0.25) is 0 Å². The molecule has 1 heterocycles. The summed E-state index contributed by atoms with van der Waals surface area (Å²) in [4.78, 5) is 15.3. The first-order valence-electron chi connectivity index (χ1n) is 12.3. The molecule has 0 saturated heterocycles. The first kappa shape index (κ1) is 26.2. The molecule has 0 aliphatic carbocycles. The van der Waals surface area contributed by atoms with Crippen LogP contribution in [0.3, 0.4) is 0 Å². The van der Waals surface area contributed by atoms with E-state index in [9.17, 15) is 4.79 Å². The molecule has 0 bridgehead atoms. The third-order valence-corrected chi connectivity index (χ3v) is 5.89. The highest BCUT2D eigenvalue weighted by atomic mass is 16.5. The average Bonchev–Trinajstić information content (AvgIpc) is 2.93. The van der Waals surface area contributed by atoms with Crippen LogP contribution in [0.1, 0.15) is 40.4 Å². The number of carboxylic acids is 1. The second-order valence-corrected chi connectivity index (χ2v) is 8.86. The zero-order valence-electron chi connectivity index (χ0n) is 21.6. The van der Waals surface area contributed by atoms with Crippen molar-refractivity contribution in [2.45, 2.75) is 26.9 Å². The monoisotopic (exact) mass is 503 g/mol. The van der Waals surface area contributed by atoms with E-state index < -0.39 is 12.1 Å². The molecule has 0 fully saturated rings. The highest BCUT2D eigenvalue weighted by Crippen LogP contribution is 2.27. The molecular weight excluding hydrogens is 474 g/mol. The molecule has 3 aromatic carbocycles. The van der Waals surface area contributed by atoms with Crippen LogP contribution < -0.4 is 9.47 Å². The summed E-state index contributed by atoms with van der Waals surface area (Å²) in [6.45, 7) is 5.79. The Morgan fingerprint density at radius 1 is 0.947 bits per heavy atom. The van der Waals surface area contributed by atoms with Crippen molar-refractivity contribution in [2.75, 3.05) is 6.61 Å². The fraction of sp³-hybridized carbons (Fsp3) is 0.152. The molecule has 4 rings (SSSR count). The molecule has 1 unspecified atom stereocenters. The van der Waals surface area contributed by atoms with Crippen molar-refractivity contribution in [1.82, 2.24) is 4.98 Å². The number of nitrogens with zero attached hydrogens (tertiary/aromatic N) is 1. The molecule has 5 nitrogen and oxygen atoms in total. The van der Waals surface area contributed by atoms with Gasteiger partial charge in [0.15, 0.2) is 6.10 Å². The maximum Gasteiger partial charge on any atom is 0.344 e. The maximum atomic E-state index is 11.1. The Labute approximate surface area is 223 Å². The number of hydrogen-bond donors (Lipinski definition) is 1. The Hall–Kier alpha value is -4.82. The lowest BCUT2D eigenvalue weighted by Gasteiger charge is -2.14. The second kappa shape index (κ2) is 12.4. The summed E-state index contributed by atoms with van der Waals surface area (Å²) in [5, 5.41) is 9.08. The Kier molecular flexibility index (Phi) is 8.58. The summed E-state index contributed by atoms with van der Waals surface area (Å²) in [7, 11) is 0. The van der Waals surface area contributed by atoms with Crippen LogP contribution in [-0.2, 0) is 4.79 Å². The van der Waals surface area contributed by atoms with Crippen LogP contribution >= 0.6 is 0 Å². The van der Waals surface area contributed by atoms with Gasteiger partial charge < -0.3 is 14.6 Å². The minimum atomic E-state index is -1.01. The number of carboxylic acid groups (broad SMARTS) is 1. The van der Waals surface area contributed by atoms with E-state index in [0.717, 1.165) is 33.5 Å². The van der Waals surface area contributed by atoms with E-state index in [4.69, 9.17) is 14.6 Å². The van der Waals surface area contributed by atoms with Crippen LogP contribution in [0.25, 0.3) is 5.57 Å². The highest BCUT2D eigenvalue weighted by molar-refractivity contribution is 5.80.